The molecule has 0 aliphatic heterocycles. The van der Waals surface area contributed by atoms with Crippen LogP contribution in [-0.4, -0.2) is 19.9 Å². The van der Waals surface area contributed by atoms with Gasteiger partial charge in [-0.2, -0.15) is 0 Å². The van der Waals surface area contributed by atoms with Crippen molar-refractivity contribution in [2.24, 2.45) is 23.7 Å². The molecule has 2 fully saturated rings. The van der Waals surface area contributed by atoms with Gasteiger partial charge in [-0.3, -0.25) is 0 Å². The van der Waals surface area contributed by atoms with Gasteiger partial charge in [-0.15, -0.1) is 0 Å². The molecule has 0 N–H and O–H groups in total. The molecule has 4 heteroatoms. The van der Waals surface area contributed by atoms with Crippen molar-refractivity contribution in [1.82, 2.24) is 19.9 Å². The minimum absolute atomic E-state index is 0.853. The highest BCUT2D eigenvalue weighted by Gasteiger charge is 2.21. The monoisotopic (exact) mass is 799 g/mol. The summed E-state index contributed by atoms with van der Waals surface area (Å²) in [6.45, 7) is 9.20. The van der Waals surface area contributed by atoms with Crippen LogP contribution in [0.5, 0.6) is 0 Å². The van der Waals surface area contributed by atoms with Crippen LogP contribution in [0.2, 0.25) is 0 Å². The maximum absolute atomic E-state index is 4.66. The quantitative estimate of drug-likeness (QED) is 0.0701. The van der Waals surface area contributed by atoms with Crippen LogP contribution in [0.1, 0.15) is 198 Å². The van der Waals surface area contributed by atoms with Crippen molar-refractivity contribution in [2.45, 2.75) is 201 Å². The average Bonchev–Trinajstić information content (AvgIpc) is 3.29. The fourth-order valence-corrected chi connectivity index (χ4v) is 9.66. The summed E-state index contributed by atoms with van der Waals surface area (Å²) in [6, 6.07) is 17.7. The molecule has 0 bridgehead atoms. The van der Waals surface area contributed by atoms with Gasteiger partial charge in [-0.1, -0.05) is 198 Å². The van der Waals surface area contributed by atoms with Crippen molar-refractivity contribution in [1.29, 1.82) is 0 Å². The number of rotatable bonds is 23. The number of benzene rings is 2. The van der Waals surface area contributed by atoms with Crippen molar-refractivity contribution in [3.63, 3.8) is 0 Å². The average molecular weight is 799 g/mol. The van der Waals surface area contributed by atoms with Gasteiger partial charge >= 0.3 is 0 Å². The van der Waals surface area contributed by atoms with Gasteiger partial charge in [0.15, 0.2) is 11.6 Å². The first-order chi connectivity index (χ1) is 29.1. The van der Waals surface area contributed by atoms with Gasteiger partial charge in [-0.05, 0) is 97.3 Å². The molecular weight excluding hydrogens is 717 g/mol. The Labute approximate surface area is 361 Å². The third-order valence-corrected chi connectivity index (χ3v) is 13.9. The molecule has 0 spiro atoms. The van der Waals surface area contributed by atoms with Crippen LogP contribution in [0, 0.1) is 23.7 Å². The zero-order chi connectivity index (χ0) is 41.3. The van der Waals surface area contributed by atoms with Crippen LogP contribution in [0.3, 0.4) is 0 Å². The first kappa shape index (κ1) is 46.7. The Balaban J connectivity index is 0.000000224. The van der Waals surface area contributed by atoms with E-state index in [9.17, 15) is 0 Å². The first-order valence-corrected chi connectivity index (χ1v) is 24.9. The van der Waals surface area contributed by atoms with Gasteiger partial charge in [0.2, 0.25) is 0 Å². The molecule has 322 valence electrons. The highest BCUT2D eigenvalue weighted by atomic mass is 14.9. The lowest BCUT2D eigenvalue weighted by Gasteiger charge is -2.28. The number of hydrogen-bond donors (Lipinski definition) is 0. The standard InChI is InChI=1S/C28H42N2.C27H40N2/c1-3-5-6-7-8-10-24-17-19-27(20-18-24)28-29-21-26(22-30-28)16-15-25-13-11-23(9-4-2)12-14-25;1-3-5-6-7-8-9-23-16-18-26(19-17-23)27-28-20-25(21-29-27)15-14-24-12-10-22(4-2)11-13-24/h17-23,25H,3-16H2,1-2H3;16-22,24H,3-15H2,1-2H3. The van der Waals surface area contributed by atoms with Crippen molar-refractivity contribution >= 4 is 0 Å². The molecular formula is C55H82N4. The third-order valence-electron chi connectivity index (χ3n) is 13.9. The lowest BCUT2D eigenvalue weighted by atomic mass is 9.78. The first-order valence-electron chi connectivity index (χ1n) is 24.9. The Morgan fingerprint density at radius 1 is 0.356 bits per heavy atom. The molecule has 0 radical (unpaired) electrons. The molecule has 0 atom stereocenters. The number of aromatic nitrogens is 4. The summed E-state index contributed by atoms with van der Waals surface area (Å²) < 4.78 is 0. The second-order valence-corrected chi connectivity index (χ2v) is 18.6. The number of nitrogens with zero attached hydrogens (tertiary/aromatic N) is 4. The Morgan fingerprint density at radius 2 is 0.712 bits per heavy atom. The summed E-state index contributed by atoms with van der Waals surface area (Å²) in [6.07, 6.45) is 44.4. The Hall–Kier alpha value is -3.40. The second-order valence-electron chi connectivity index (χ2n) is 18.6. The molecule has 2 aromatic carbocycles. The fourth-order valence-electron chi connectivity index (χ4n) is 9.66. The molecule has 2 aliphatic carbocycles. The summed E-state index contributed by atoms with van der Waals surface area (Å²) in [7, 11) is 0. The Kier molecular flexibility index (Phi) is 21.7. The largest absolute Gasteiger partial charge is 0.236 e. The van der Waals surface area contributed by atoms with E-state index in [0.29, 0.717) is 0 Å². The van der Waals surface area contributed by atoms with E-state index in [2.05, 4.69) is 96.2 Å². The van der Waals surface area contributed by atoms with E-state index in [1.54, 1.807) is 0 Å². The molecule has 2 heterocycles. The van der Waals surface area contributed by atoms with Gasteiger partial charge < -0.3 is 0 Å². The van der Waals surface area contributed by atoms with E-state index in [1.807, 2.05) is 24.8 Å². The van der Waals surface area contributed by atoms with Gasteiger partial charge in [0, 0.05) is 35.9 Å². The molecule has 0 amide bonds. The smallest absolute Gasteiger partial charge is 0.159 e. The summed E-state index contributed by atoms with van der Waals surface area (Å²) >= 11 is 0. The van der Waals surface area contributed by atoms with Crippen LogP contribution in [0.15, 0.2) is 73.3 Å². The summed E-state index contributed by atoms with van der Waals surface area (Å²) in [4.78, 5) is 18.6. The zero-order valence-electron chi connectivity index (χ0n) is 38.1. The van der Waals surface area contributed by atoms with Gasteiger partial charge in [-0.25, -0.2) is 19.9 Å². The van der Waals surface area contributed by atoms with E-state index >= 15 is 0 Å². The third kappa shape index (κ3) is 17.2. The van der Waals surface area contributed by atoms with Gasteiger partial charge in [0.1, 0.15) is 0 Å². The number of aryl methyl sites for hydroxylation is 4. The Bertz CT molecular complexity index is 1630. The van der Waals surface area contributed by atoms with Crippen LogP contribution in [0.4, 0.5) is 0 Å². The predicted octanol–water partition coefficient (Wildman–Crippen LogP) is 16.0. The van der Waals surface area contributed by atoms with Crippen molar-refractivity contribution < 1.29 is 0 Å². The Morgan fingerprint density at radius 3 is 1.07 bits per heavy atom. The van der Waals surface area contributed by atoms with Crippen molar-refractivity contribution in [2.75, 3.05) is 0 Å². The summed E-state index contributed by atoms with van der Waals surface area (Å²) in [5.41, 5.74) is 7.70. The van der Waals surface area contributed by atoms with Crippen molar-refractivity contribution in [3.8, 4) is 22.8 Å². The second kappa shape index (κ2) is 27.4. The van der Waals surface area contributed by atoms with Crippen LogP contribution < -0.4 is 0 Å². The van der Waals surface area contributed by atoms with Crippen LogP contribution in [0.25, 0.3) is 22.8 Å². The van der Waals surface area contributed by atoms with E-state index in [-0.39, 0.29) is 0 Å². The minimum atomic E-state index is 0.853. The highest BCUT2D eigenvalue weighted by Crippen LogP contribution is 2.35. The highest BCUT2D eigenvalue weighted by molar-refractivity contribution is 5.56. The molecule has 2 aromatic heterocycles. The molecule has 2 saturated carbocycles. The molecule has 2 aliphatic rings. The van der Waals surface area contributed by atoms with Gasteiger partial charge in [0.25, 0.3) is 0 Å². The molecule has 6 rings (SSSR count). The molecule has 4 aromatic rings. The van der Waals surface area contributed by atoms with E-state index < -0.39 is 0 Å². The van der Waals surface area contributed by atoms with E-state index in [1.165, 1.54) is 183 Å². The molecule has 59 heavy (non-hydrogen) atoms. The zero-order valence-corrected chi connectivity index (χ0v) is 38.1. The van der Waals surface area contributed by atoms with Crippen LogP contribution in [-0.2, 0) is 25.7 Å². The SMILES string of the molecule is CCCCCCCc1ccc(-c2ncc(CCC3CCC(CC)CC3)cn2)cc1.CCCCCCCc1ccc(-c2ncc(CCC3CCC(CCC)CC3)cn2)cc1. The maximum Gasteiger partial charge on any atom is 0.159 e. The predicted molar refractivity (Wildman–Crippen MR) is 253 cm³/mol. The van der Waals surface area contributed by atoms with Crippen molar-refractivity contribution in [3.05, 3.63) is 95.6 Å². The normalized spacial score (nSPS) is 19.3. The summed E-state index contributed by atoms with van der Waals surface area (Å²) in [5.74, 6) is 5.52. The van der Waals surface area contributed by atoms with E-state index in [0.717, 1.165) is 59.3 Å². The number of hydrogen-bond acceptors (Lipinski definition) is 4. The molecule has 4 nitrogen and oxygen atoms in total. The lowest BCUT2D eigenvalue weighted by Crippen LogP contribution is -2.15. The lowest BCUT2D eigenvalue weighted by molar-refractivity contribution is 0.252. The van der Waals surface area contributed by atoms with E-state index in [4.69, 9.17) is 0 Å². The molecule has 0 saturated heterocycles. The minimum Gasteiger partial charge on any atom is -0.236 e. The maximum atomic E-state index is 4.66. The van der Waals surface area contributed by atoms with Crippen LogP contribution >= 0.6 is 0 Å². The summed E-state index contributed by atoms with van der Waals surface area (Å²) in [5, 5.41) is 0. The number of unbranched alkanes of at least 4 members (excludes halogenated alkanes) is 8. The van der Waals surface area contributed by atoms with Gasteiger partial charge in [0.05, 0.1) is 0 Å². The fraction of sp³-hybridized carbons (Fsp3) is 0.636. The molecule has 0 unspecified atom stereocenters. The topological polar surface area (TPSA) is 51.6 Å².